The van der Waals surface area contributed by atoms with Gasteiger partial charge in [0.2, 0.25) is 0 Å². The summed E-state index contributed by atoms with van der Waals surface area (Å²) in [6.45, 7) is 2.19. The third kappa shape index (κ3) is 5.29. The average molecular weight is 467 g/mol. The average Bonchev–Trinajstić information content (AvgIpc) is 2.95. The van der Waals surface area contributed by atoms with Crippen LogP contribution in [0.5, 0.6) is 0 Å². The zero-order valence-electron chi connectivity index (χ0n) is 20.8. The number of aliphatic imine (C=N–C) groups is 1. The smallest absolute Gasteiger partial charge is 0.140 e. The molecular weight excluding hydrogens is 436 g/mol. The Balaban J connectivity index is 1.64. The van der Waals surface area contributed by atoms with Gasteiger partial charge in [0.15, 0.2) is 0 Å². The van der Waals surface area contributed by atoms with Crippen molar-refractivity contribution in [3.05, 3.63) is 150 Å². The van der Waals surface area contributed by atoms with Gasteiger partial charge in [-0.05, 0) is 46.5 Å². The predicted molar refractivity (Wildman–Crippen MR) is 155 cm³/mol. The van der Waals surface area contributed by atoms with Crippen LogP contribution >= 0.6 is 0 Å². The molecule has 176 valence electrons. The van der Waals surface area contributed by atoms with Crippen LogP contribution in [0.25, 0.3) is 22.5 Å². The summed E-state index contributed by atoms with van der Waals surface area (Å²) >= 11 is 0. The number of nitrogens with zero attached hydrogens (tertiary/aromatic N) is 2. The van der Waals surface area contributed by atoms with Crippen LogP contribution in [0.15, 0.2) is 132 Å². The third-order valence-corrected chi connectivity index (χ3v) is 6.43. The number of fused-ring (bicyclic) bond motifs is 1. The molecule has 0 saturated heterocycles. The summed E-state index contributed by atoms with van der Waals surface area (Å²) in [6, 6.07) is 44.5. The van der Waals surface area contributed by atoms with E-state index in [4.69, 9.17) is 4.99 Å². The first-order valence-corrected chi connectivity index (χ1v) is 12.4. The van der Waals surface area contributed by atoms with Crippen LogP contribution in [-0.2, 0) is 6.42 Å². The Kier molecular flexibility index (Phi) is 7.05. The lowest BCUT2D eigenvalue weighted by Crippen LogP contribution is -2.27. The Hall–Kier alpha value is -4.43. The van der Waals surface area contributed by atoms with Gasteiger partial charge in [-0.1, -0.05) is 122 Å². The molecule has 0 fully saturated rings. The van der Waals surface area contributed by atoms with Crippen LogP contribution in [0.2, 0.25) is 0 Å². The van der Waals surface area contributed by atoms with Crippen LogP contribution in [0.1, 0.15) is 29.2 Å². The van der Waals surface area contributed by atoms with Gasteiger partial charge in [0, 0.05) is 23.9 Å². The monoisotopic (exact) mass is 466 g/mol. The second kappa shape index (κ2) is 10.9. The van der Waals surface area contributed by atoms with Crippen LogP contribution in [0.4, 0.5) is 5.69 Å². The van der Waals surface area contributed by atoms with Gasteiger partial charge >= 0.3 is 0 Å². The second-order valence-corrected chi connectivity index (χ2v) is 8.89. The lowest BCUT2D eigenvalue weighted by molar-refractivity contribution is 1.15. The highest BCUT2D eigenvalue weighted by atomic mass is 15.2. The summed E-state index contributed by atoms with van der Waals surface area (Å²) in [5.41, 5.74) is 6.63. The maximum atomic E-state index is 5.30. The van der Waals surface area contributed by atoms with Gasteiger partial charge in [-0.2, -0.15) is 0 Å². The number of hydrogen-bond acceptors (Lipinski definition) is 1. The number of anilines is 1. The molecule has 5 aromatic rings. The van der Waals surface area contributed by atoms with Crippen LogP contribution in [-0.4, -0.2) is 12.9 Å². The summed E-state index contributed by atoms with van der Waals surface area (Å²) in [4.78, 5) is 7.48. The van der Waals surface area contributed by atoms with Gasteiger partial charge in [0.1, 0.15) is 5.84 Å². The first-order valence-electron chi connectivity index (χ1n) is 12.4. The summed E-state index contributed by atoms with van der Waals surface area (Å²) in [7, 11) is 2.10. The Morgan fingerprint density at radius 2 is 1.25 bits per heavy atom. The molecule has 36 heavy (non-hydrogen) atoms. The molecule has 0 unspecified atom stereocenters. The zero-order valence-corrected chi connectivity index (χ0v) is 20.8. The fourth-order valence-corrected chi connectivity index (χ4v) is 4.36. The van der Waals surface area contributed by atoms with Gasteiger partial charge in [-0.25, -0.2) is 4.99 Å². The first kappa shape index (κ1) is 23.3. The first-order chi connectivity index (χ1) is 17.7. The molecule has 0 atom stereocenters. The van der Waals surface area contributed by atoms with E-state index in [1.807, 2.05) is 18.2 Å². The van der Waals surface area contributed by atoms with Gasteiger partial charge in [0.25, 0.3) is 0 Å². The normalized spacial score (nSPS) is 12.1. The van der Waals surface area contributed by atoms with E-state index in [-0.39, 0.29) is 0 Å². The van der Waals surface area contributed by atoms with Crippen molar-refractivity contribution in [2.75, 3.05) is 11.9 Å². The van der Waals surface area contributed by atoms with Crippen molar-refractivity contribution in [3.63, 3.8) is 0 Å². The third-order valence-electron chi connectivity index (χ3n) is 6.43. The van der Waals surface area contributed by atoms with Gasteiger partial charge in [-0.3, -0.25) is 0 Å². The number of hydrogen-bond donors (Lipinski definition) is 0. The fraction of sp³-hybridized carbons (Fsp3) is 0.0882. The molecule has 0 heterocycles. The van der Waals surface area contributed by atoms with Crippen molar-refractivity contribution >= 4 is 34.1 Å². The number of benzene rings is 5. The van der Waals surface area contributed by atoms with E-state index >= 15 is 0 Å². The SMILES string of the molecule is CCc1ccc2cc(N(C)C(=N/C(=C/c3ccccc3)c3ccccc3)c3ccccc3)ccc2c1. The zero-order chi connectivity index (χ0) is 24.7. The van der Waals surface area contributed by atoms with Crippen molar-refractivity contribution in [1.29, 1.82) is 0 Å². The van der Waals surface area contributed by atoms with Gasteiger partial charge < -0.3 is 4.90 Å². The van der Waals surface area contributed by atoms with Crippen molar-refractivity contribution in [2.24, 2.45) is 4.99 Å². The molecule has 0 amide bonds. The molecule has 0 radical (unpaired) electrons. The summed E-state index contributed by atoms with van der Waals surface area (Å²) in [5.74, 6) is 0.895. The lowest BCUT2D eigenvalue weighted by Gasteiger charge is -2.23. The van der Waals surface area contributed by atoms with E-state index in [1.54, 1.807) is 0 Å². The molecule has 0 saturated carbocycles. The Morgan fingerprint density at radius 3 is 1.92 bits per heavy atom. The van der Waals surface area contributed by atoms with Crippen LogP contribution in [0, 0.1) is 0 Å². The van der Waals surface area contributed by atoms with Crippen molar-refractivity contribution < 1.29 is 0 Å². The molecule has 0 aliphatic heterocycles. The van der Waals surface area contributed by atoms with Crippen molar-refractivity contribution in [3.8, 4) is 0 Å². The summed E-state index contributed by atoms with van der Waals surface area (Å²) in [6.07, 6.45) is 3.19. The number of aryl methyl sites for hydroxylation is 1. The lowest BCUT2D eigenvalue weighted by atomic mass is 10.0. The molecule has 0 N–H and O–H groups in total. The van der Waals surface area contributed by atoms with E-state index in [1.165, 1.54) is 16.3 Å². The molecule has 5 rings (SSSR count). The molecule has 0 aliphatic rings. The van der Waals surface area contributed by atoms with Gasteiger partial charge in [-0.15, -0.1) is 0 Å². The minimum Gasteiger partial charge on any atom is -0.329 e. The molecular formula is C34H30N2. The molecule has 2 nitrogen and oxygen atoms in total. The maximum absolute atomic E-state index is 5.30. The van der Waals surface area contributed by atoms with E-state index < -0.39 is 0 Å². The summed E-state index contributed by atoms with van der Waals surface area (Å²) in [5, 5.41) is 2.49. The fourth-order valence-electron chi connectivity index (χ4n) is 4.36. The van der Waals surface area contributed by atoms with Crippen LogP contribution < -0.4 is 4.90 Å². The topological polar surface area (TPSA) is 15.6 Å². The number of amidine groups is 1. The highest BCUT2D eigenvalue weighted by Crippen LogP contribution is 2.27. The van der Waals surface area contributed by atoms with E-state index in [9.17, 15) is 0 Å². The Labute approximate surface area is 213 Å². The van der Waals surface area contributed by atoms with E-state index in [2.05, 4.69) is 134 Å². The molecule has 2 heteroatoms. The van der Waals surface area contributed by atoms with Crippen molar-refractivity contribution in [2.45, 2.75) is 13.3 Å². The minimum atomic E-state index is 0.895. The molecule has 0 spiro atoms. The molecule has 0 aliphatic carbocycles. The second-order valence-electron chi connectivity index (χ2n) is 8.89. The summed E-state index contributed by atoms with van der Waals surface area (Å²) < 4.78 is 0. The van der Waals surface area contributed by atoms with Crippen LogP contribution in [0.3, 0.4) is 0 Å². The Morgan fingerprint density at radius 1 is 0.667 bits per heavy atom. The van der Waals surface area contributed by atoms with Gasteiger partial charge in [0.05, 0.1) is 5.70 Å². The molecule has 0 aromatic heterocycles. The highest BCUT2D eigenvalue weighted by molar-refractivity contribution is 6.12. The van der Waals surface area contributed by atoms with Crippen molar-refractivity contribution in [1.82, 2.24) is 0 Å². The number of rotatable bonds is 6. The predicted octanol–water partition coefficient (Wildman–Crippen LogP) is 8.48. The standard InChI is InChI=1S/C34H30N2/c1-3-26-19-20-31-25-32(22-21-30(31)23-26)36(2)34(29-17-11-6-12-18-29)35-33(28-15-9-5-10-16-28)24-27-13-7-4-8-14-27/h4-25H,3H2,1-2H3/b33-24+,35-34?. The molecule has 5 aromatic carbocycles. The highest BCUT2D eigenvalue weighted by Gasteiger charge is 2.14. The minimum absolute atomic E-state index is 0.895. The maximum Gasteiger partial charge on any atom is 0.140 e. The largest absolute Gasteiger partial charge is 0.329 e. The van der Waals surface area contributed by atoms with E-state index in [0.29, 0.717) is 0 Å². The quantitative estimate of drug-likeness (QED) is 0.139. The molecule has 0 bridgehead atoms. The Bertz CT molecular complexity index is 1500. The van der Waals surface area contributed by atoms with E-state index in [0.717, 1.165) is 40.3 Å².